The molecule has 422 valence electrons. The third-order valence-corrected chi connectivity index (χ3v) is 13.8. The number of carbonyl (C=O) groups excluding carboxylic acids is 3. The molecule has 15 nitrogen and oxygen atoms in total. The van der Waals surface area contributed by atoms with Gasteiger partial charge in [0.1, 0.15) is 37.1 Å². The van der Waals surface area contributed by atoms with E-state index in [4.69, 9.17) is 47.4 Å². The summed E-state index contributed by atoms with van der Waals surface area (Å²) < 4.78 is 64.4. The maximum atomic E-state index is 14.1. The molecule has 15 heteroatoms. The average molecular weight is 1100 g/mol. The number of unbranched alkanes of at least 4 members (excludes halogenated alkanes) is 2. The van der Waals surface area contributed by atoms with Gasteiger partial charge in [0, 0.05) is 19.7 Å². The van der Waals surface area contributed by atoms with Crippen LogP contribution in [0.1, 0.15) is 67.8 Å². The van der Waals surface area contributed by atoms with Crippen LogP contribution >= 0.6 is 0 Å². The maximum Gasteiger partial charge on any atom is 0.410 e. The zero-order valence-corrected chi connectivity index (χ0v) is 45.1. The van der Waals surface area contributed by atoms with E-state index in [0.717, 1.165) is 27.8 Å². The van der Waals surface area contributed by atoms with Gasteiger partial charge in [0.2, 0.25) is 0 Å². The Morgan fingerprint density at radius 2 is 0.951 bits per heavy atom. The number of carbonyl (C=O) groups is 3. The molecule has 2 saturated heterocycles. The van der Waals surface area contributed by atoms with Gasteiger partial charge in [0.05, 0.1) is 44.2 Å². The van der Waals surface area contributed by atoms with Crippen LogP contribution in [0.25, 0.3) is 0 Å². The van der Waals surface area contributed by atoms with Gasteiger partial charge in [0.15, 0.2) is 24.8 Å². The van der Waals surface area contributed by atoms with E-state index in [-0.39, 0.29) is 57.4 Å². The minimum atomic E-state index is -1.51. The average Bonchev–Trinajstić information content (AvgIpc) is 3.54. The highest BCUT2D eigenvalue weighted by Gasteiger charge is 2.53. The number of hydrogen-bond donors (Lipinski definition) is 1. The van der Waals surface area contributed by atoms with Crippen LogP contribution in [0.4, 0.5) is 4.79 Å². The number of hydrogen-bond acceptors (Lipinski definition) is 14. The first-order valence-electron chi connectivity index (χ1n) is 27.5. The molecule has 2 aliphatic rings. The molecule has 7 aromatic rings. The van der Waals surface area contributed by atoms with E-state index in [1.54, 1.807) is 65.6 Å². The van der Waals surface area contributed by atoms with Crippen molar-refractivity contribution in [2.75, 3.05) is 26.4 Å². The maximum absolute atomic E-state index is 14.1. The van der Waals surface area contributed by atoms with Crippen molar-refractivity contribution in [3.63, 3.8) is 0 Å². The standard InChI is InChI=1S/C66H69NO14/c68-57-58(74-43-50-29-13-3-14-30-50)55(46-72-42-49-27-11-2-12-28-49)78-65(60(57)80-62(69)53-35-19-6-20-36-53)79-56-47-76-64(61(81-63(70)54-37-21-7-22-38-54)59(56)75-44-51-31-15-4-16-32-51)73-40-24-8-23-39-67(41-48-25-9-1-10-26-48)66(71)77-45-52-33-17-5-18-34-52/h1-7,9-22,25-38,55-61,64-65,68H,8,23-24,39-47H2/t55-,56-,57+,58+,59+,60-,61-,64-,65+/m1/s1. The van der Waals surface area contributed by atoms with Crippen molar-refractivity contribution in [1.82, 2.24) is 4.90 Å². The van der Waals surface area contributed by atoms with Crippen LogP contribution < -0.4 is 0 Å². The molecule has 9 rings (SSSR count). The molecule has 2 aliphatic heterocycles. The summed E-state index contributed by atoms with van der Waals surface area (Å²) in [6, 6.07) is 65.0. The number of aliphatic hydroxyl groups is 1. The Hall–Kier alpha value is -7.57. The third kappa shape index (κ3) is 17.5. The third-order valence-electron chi connectivity index (χ3n) is 13.8. The topological polar surface area (TPSA) is 167 Å². The van der Waals surface area contributed by atoms with Crippen LogP contribution in [0.15, 0.2) is 212 Å². The van der Waals surface area contributed by atoms with Gasteiger partial charge in [-0.2, -0.15) is 0 Å². The number of rotatable bonds is 27. The zero-order valence-electron chi connectivity index (χ0n) is 45.1. The van der Waals surface area contributed by atoms with Crippen LogP contribution in [0.5, 0.6) is 0 Å². The van der Waals surface area contributed by atoms with Crippen molar-refractivity contribution in [2.24, 2.45) is 0 Å². The van der Waals surface area contributed by atoms with Crippen molar-refractivity contribution in [1.29, 1.82) is 0 Å². The Labute approximate surface area is 473 Å². The van der Waals surface area contributed by atoms with Gasteiger partial charge in [-0.05, 0) is 71.3 Å². The summed E-state index contributed by atoms with van der Waals surface area (Å²) in [5, 5.41) is 12.5. The normalized spacial score (nSPS) is 21.6. The number of amides is 1. The van der Waals surface area contributed by atoms with Gasteiger partial charge in [-0.3, -0.25) is 0 Å². The first-order valence-corrected chi connectivity index (χ1v) is 27.5. The van der Waals surface area contributed by atoms with Crippen LogP contribution in [0.2, 0.25) is 0 Å². The summed E-state index contributed by atoms with van der Waals surface area (Å²) >= 11 is 0. The van der Waals surface area contributed by atoms with Gasteiger partial charge in [0.25, 0.3) is 0 Å². The second kappa shape index (κ2) is 30.9. The van der Waals surface area contributed by atoms with E-state index in [0.29, 0.717) is 32.4 Å². The summed E-state index contributed by atoms with van der Waals surface area (Å²) in [6.45, 7) is 1.37. The van der Waals surface area contributed by atoms with Crippen LogP contribution in [0, 0.1) is 0 Å². The van der Waals surface area contributed by atoms with E-state index in [9.17, 15) is 19.5 Å². The van der Waals surface area contributed by atoms with Crippen LogP contribution in [0.3, 0.4) is 0 Å². The molecule has 1 N–H and O–H groups in total. The second-order valence-electron chi connectivity index (χ2n) is 19.8. The molecule has 1 amide bonds. The molecule has 0 radical (unpaired) electrons. The molecule has 7 aromatic carbocycles. The lowest BCUT2D eigenvalue weighted by Crippen LogP contribution is -2.64. The minimum absolute atomic E-state index is 0.0453. The molecule has 2 heterocycles. The molecular weight excluding hydrogens is 1030 g/mol. The Balaban J connectivity index is 0.948. The predicted molar refractivity (Wildman–Crippen MR) is 300 cm³/mol. The Bertz CT molecular complexity index is 2930. The van der Waals surface area contributed by atoms with Crippen molar-refractivity contribution < 1.29 is 66.9 Å². The SMILES string of the molecule is O=C(O[C@H]1[C@H](O[C@@H]2CO[C@@H](OCCCCCN(Cc3ccccc3)C(=O)OCc3ccccc3)[C@H](OC(=O)c3ccccc3)[C@H]2OCc2ccccc2)O[C@H](COCc2ccccc2)[C@H](OCc2ccccc2)[C@@H]1O)c1ccccc1. The van der Waals surface area contributed by atoms with Gasteiger partial charge in [-0.15, -0.1) is 0 Å². The van der Waals surface area contributed by atoms with Crippen LogP contribution in [-0.2, 0) is 80.3 Å². The second-order valence-corrected chi connectivity index (χ2v) is 19.8. The van der Waals surface area contributed by atoms with Crippen LogP contribution in [-0.4, -0.2) is 110 Å². The smallest absolute Gasteiger partial charge is 0.410 e. The predicted octanol–water partition coefficient (Wildman–Crippen LogP) is 10.7. The molecule has 0 spiro atoms. The number of esters is 2. The first-order chi connectivity index (χ1) is 39.8. The monoisotopic (exact) mass is 1100 g/mol. The molecule has 81 heavy (non-hydrogen) atoms. The summed E-state index contributed by atoms with van der Waals surface area (Å²) in [5.41, 5.74) is 4.99. The van der Waals surface area contributed by atoms with Crippen molar-refractivity contribution in [2.45, 2.75) is 108 Å². The fraction of sp³-hybridized carbons (Fsp3) is 0.318. The van der Waals surface area contributed by atoms with Crippen molar-refractivity contribution in [3.05, 3.63) is 251 Å². The van der Waals surface area contributed by atoms with Gasteiger partial charge in [-0.25, -0.2) is 14.4 Å². The first kappa shape index (κ1) is 58.1. The van der Waals surface area contributed by atoms with Crippen molar-refractivity contribution in [3.8, 4) is 0 Å². The Morgan fingerprint density at radius 3 is 1.49 bits per heavy atom. The molecule has 0 saturated carbocycles. The number of nitrogens with zero attached hydrogens (tertiary/aromatic N) is 1. The number of ether oxygens (including phenoxy) is 10. The van der Waals surface area contributed by atoms with Crippen molar-refractivity contribution >= 4 is 18.0 Å². The molecule has 0 aliphatic carbocycles. The van der Waals surface area contributed by atoms with E-state index in [1.165, 1.54) is 0 Å². The van der Waals surface area contributed by atoms with E-state index >= 15 is 0 Å². The highest BCUT2D eigenvalue weighted by atomic mass is 16.8. The quantitative estimate of drug-likeness (QED) is 0.0293. The van der Waals surface area contributed by atoms with E-state index in [2.05, 4.69) is 0 Å². The molecule has 0 unspecified atom stereocenters. The lowest BCUT2D eigenvalue weighted by molar-refractivity contribution is -0.350. The van der Waals surface area contributed by atoms with E-state index < -0.39 is 73.3 Å². The van der Waals surface area contributed by atoms with Gasteiger partial charge < -0.3 is 57.4 Å². The highest BCUT2D eigenvalue weighted by molar-refractivity contribution is 5.90. The molecule has 9 atom stereocenters. The molecule has 2 fully saturated rings. The molecular formula is C66H69NO14. The fourth-order valence-electron chi connectivity index (χ4n) is 9.53. The number of aliphatic hydroxyl groups excluding tert-OH is 1. The van der Waals surface area contributed by atoms with Gasteiger partial charge in [-0.1, -0.05) is 188 Å². The summed E-state index contributed by atoms with van der Waals surface area (Å²) in [4.78, 5) is 43.3. The summed E-state index contributed by atoms with van der Waals surface area (Å²) in [5.74, 6) is -1.39. The lowest BCUT2D eigenvalue weighted by atomic mass is 9.97. The van der Waals surface area contributed by atoms with Gasteiger partial charge >= 0.3 is 18.0 Å². The largest absolute Gasteiger partial charge is 0.450 e. The Kier molecular flexibility index (Phi) is 22.1. The summed E-state index contributed by atoms with van der Waals surface area (Å²) in [7, 11) is 0. The lowest BCUT2D eigenvalue weighted by Gasteiger charge is -2.47. The number of benzene rings is 7. The molecule has 0 bridgehead atoms. The highest BCUT2D eigenvalue weighted by Crippen LogP contribution is 2.34. The zero-order chi connectivity index (χ0) is 55.9. The minimum Gasteiger partial charge on any atom is -0.450 e. The summed E-state index contributed by atoms with van der Waals surface area (Å²) in [6.07, 6.45) is -9.52. The van der Waals surface area contributed by atoms with E-state index in [1.807, 2.05) is 152 Å². The fourth-order valence-corrected chi connectivity index (χ4v) is 9.53. The molecule has 0 aromatic heterocycles. The Morgan fingerprint density at radius 1 is 0.481 bits per heavy atom.